The Morgan fingerprint density at radius 1 is 1.32 bits per heavy atom. The maximum Gasteiger partial charge on any atom is 0.191 e. The molecule has 0 aliphatic rings. The van der Waals surface area contributed by atoms with Crippen molar-refractivity contribution in [2.75, 3.05) is 7.05 Å². The largest absolute Gasteiger partial charge is 0.351 e. The van der Waals surface area contributed by atoms with Gasteiger partial charge >= 0.3 is 0 Å². The van der Waals surface area contributed by atoms with Gasteiger partial charge in [0, 0.05) is 24.7 Å². The van der Waals surface area contributed by atoms with Crippen molar-refractivity contribution in [3.8, 4) is 0 Å². The number of guanidine groups is 1. The average Bonchev–Trinajstić information content (AvgIpc) is 2.93. The minimum absolute atomic E-state index is 0.539. The Balaban J connectivity index is 1.93. The SMILES string of the molecule is CN=C(NCc1sc(C)nc1C)NCc1cc(Cl)c(Cl)n1C. The summed E-state index contributed by atoms with van der Waals surface area (Å²) in [4.78, 5) is 9.85. The molecule has 0 atom stereocenters. The number of aliphatic imine (C=N–C) groups is 1. The van der Waals surface area contributed by atoms with E-state index in [1.807, 2.05) is 31.5 Å². The van der Waals surface area contributed by atoms with Crippen LogP contribution in [0.25, 0.3) is 0 Å². The molecule has 0 aromatic carbocycles. The summed E-state index contributed by atoms with van der Waals surface area (Å²) in [5, 5.41) is 8.70. The minimum atomic E-state index is 0.539. The molecule has 0 saturated carbocycles. The highest BCUT2D eigenvalue weighted by atomic mass is 35.5. The molecule has 2 rings (SSSR count). The lowest BCUT2D eigenvalue weighted by molar-refractivity contribution is 0.751. The number of hydrogen-bond acceptors (Lipinski definition) is 3. The van der Waals surface area contributed by atoms with Crippen molar-refractivity contribution >= 4 is 40.5 Å². The third-order valence-electron chi connectivity index (χ3n) is 3.29. The Morgan fingerprint density at radius 2 is 2.00 bits per heavy atom. The van der Waals surface area contributed by atoms with Crippen LogP contribution < -0.4 is 10.6 Å². The molecule has 2 heterocycles. The quantitative estimate of drug-likeness (QED) is 0.650. The molecule has 0 radical (unpaired) electrons. The lowest BCUT2D eigenvalue weighted by atomic mass is 10.4. The minimum Gasteiger partial charge on any atom is -0.351 e. The second-order valence-corrected chi connectivity index (χ2v) is 6.91. The standard InChI is InChI=1S/C14H19Cl2N5S/c1-8-12(22-9(2)20-8)7-19-14(17-3)18-6-10-5-11(15)13(16)21(10)4/h5H,6-7H2,1-4H3,(H2,17,18,19). The van der Waals surface area contributed by atoms with E-state index < -0.39 is 0 Å². The number of rotatable bonds is 4. The number of aromatic nitrogens is 2. The summed E-state index contributed by atoms with van der Waals surface area (Å²) in [6, 6.07) is 1.85. The molecule has 0 unspecified atom stereocenters. The molecule has 0 spiro atoms. The molecule has 0 bridgehead atoms. The van der Waals surface area contributed by atoms with Crippen LogP contribution in [0.4, 0.5) is 0 Å². The lowest BCUT2D eigenvalue weighted by Gasteiger charge is -2.12. The van der Waals surface area contributed by atoms with E-state index in [1.54, 1.807) is 18.4 Å². The molecular weight excluding hydrogens is 341 g/mol. The van der Waals surface area contributed by atoms with Gasteiger partial charge in [0.15, 0.2) is 5.96 Å². The summed E-state index contributed by atoms with van der Waals surface area (Å²) in [5.41, 5.74) is 2.05. The van der Waals surface area contributed by atoms with E-state index in [4.69, 9.17) is 23.2 Å². The van der Waals surface area contributed by atoms with Gasteiger partial charge in [0.1, 0.15) is 5.15 Å². The Bertz CT molecular complexity index is 690. The average molecular weight is 360 g/mol. The first-order chi connectivity index (χ1) is 10.4. The second-order valence-electron chi connectivity index (χ2n) is 4.85. The molecule has 0 fully saturated rings. The molecule has 0 saturated heterocycles. The molecule has 120 valence electrons. The monoisotopic (exact) mass is 359 g/mol. The van der Waals surface area contributed by atoms with Gasteiger partial charge in [-0.3, -0.25) is 4.99 Å². The molecule has 2 aromatic rings. The van der Waals surface area contributed by atoms with Crippen molar-refractivity contribution in [2.24, 2.45) is 12.0 Å². The van der Waals surface area contributed by atoms with Gasteiger partial charge in [-0.15, -0.1) is 11.3 Å². The van der Waals surface area contributed by atoms with Crippen molar-refractivity contribution in [3.63, 3.8) is 0 Å². The van der Waals surface area contributed by atoms with E-state index in [9.17, 15) is 0 Å². The number of nitrogens with one attached hydrogen (secondary N) is 2. The van der Waals surface area contributed by atoms with Crippen molar-refractivity contribution < 1.29 is 0 Å². The highest BCUT2D eigenvalue weighted by molar-refractivity contribution is 7.11. The summed E-state index contributed by atoms with van der Waals surface area (Å²) >= 11 is 13.8. The maximum atomic E-state index is 6.06. The zero-order valence-electron chi connectivity index (χ0n) is 13.0. The van der Waals surface area contributed by atoms with Crippen LogP contribution in [0.1, 0.15) is 21.3 Å². The molecule has 0 amide bonds. The summed E-state index contributed by atoms with van der Waals surface area (Å²) in [7, 11) is 3.62. The molecule has 8 heteroatoms. The topological polar surface area (TPSA) is 54.2 Å². The van der Waals surface area contributed by atoms with Crippen LogP contribution in [0.15, 0.2) is 11.1 Å². The smallest absolute Gasteiger partial charge is 0.191 e. The molecule has 0 aliphatic heterocycles. The van der Waals surface area contributed by atoms with Crippen molar-refractivity contribution in [1.29, 1.82) is 0 Å². The van der Waals surface area contributed by atoms with Gasteiger partial charge in [-0.1, -0.05) is 23.2 Å². The van der Waals surface area contributed by atoms with Gasteiger partial charge in [0.2, 0.25) is 0 Å². The maximum absolute atomic E-state index is 6.06. The summed E-state index contributed by atoms with van der Waals surface area (Å²) in [5.74, 6) is 0.721. The van der Waals surface area contributed by atoms with Gasteiger partial charge in [0.25, 0.3) is 0 Å². The number of thiazole rings is 1. The number of nitrogens with zero attached hydrogens (tertiary/aromatic N) is 3. The summed E-state index contributed by atoms with van der Waals surface area (Å²) < 4.78 is 1.85. The normalized spacial score (nSPS) is 11.8. The van der Waals surface area contributed by atoms with Crippen LogP contribution in [0.5, 0.6) is 0 Å². The number of aryl methyl sites for hydroxylation is 2. The van der Waals surface area contributed by atoms with Crippen LogP contribution in [-0.2, 0) is 20.1 Å². The van der Waals surface area contributed by atoms with Gasteiger partial charge in [-0.05, 0) is 19.9 Å². The third-order valence-corrected chi connectivity index (χ3v) is 5.21. The van der Waals surface area contributed by atoms with Gasteiger partial charge in [-0.2, -0.15) is 0 Å². The molecular formula is C14H19Cl2N5S. The molecule has 5 nitrogen and oxygen atoms in total. The fourth-order valence-electron chi connectivity index (χ4n) is 2.05. The van der Waals surface area contributed by atoms with E-state index in [0.717, 1.165) is 22.4 Å². The predicted molar refractivity (Wildman–Crippen MR) is 94.1 cm³/mol. The van der Waals surface area contributed by atoms with E-state index in [2.05, 4.69) is 20.6 Å². The van der Waals surface area contributed by atoms with Crippen LogP contribution in [0.2, 0.25) is 10.2 Å². The Labute approximate surface area is 144 Å². The van der Waals surface area contributed by atoms with Crippen molar-refractivity contribution in [3.05, 3.63) is 37.5 Å². The summed E-state index contributed by atoms with van der Waals surface area (Å²) in [6.07, 6.45) is 0. The number of halogens is 2. The Morgan fingerprint density at radius 3 is 2.50 bits per heavy atom. The van der Waals surface area contributed by atoms with Crippen LogP contribution >= 0.6 is 34.5 Å². The first kappa shape index (κ1) is 17.1. The van der Waals surface area contributed by atoms with Crippen LogP contribution in [0, 0.1) is 13.8 Å². The second kappa shape index (κ2) is 7.35. The first-order valence-corrected chi connectivity index (χ1v) is 8.36. The highest BCUT2D eigenvalue weighted by Crippen LogP contribution is 2.24. The van der Waals surface area contributed by atoms with Crippen LogP contribution in [-0.4, -0.2) is 22.6 Å². The van der Waals surface area contributed by atoms with E-state index in [-0.39, 0.29) is 0 Å². The van der Waals surface area contributed by atoms with Gasteiger partial charge in [-0.25, -0.2) is 4.98 Å². The molecule has 2 aromatic heterocycles. The van der Waals surface area contributed by atoms with E-state index in [1.165, 1.54) is 4.88 Å². The molecule has 0 aliphatic carbocycles. The van der Waals surface area contributed by atoms with Gasteiger partial charge in [0.05, 0.1) is 28.8 Å². The predicted octanol–water partition coefficient (Wildman–Crippen LogP) is 3.27. The van der Waals surface area contributed by atoms with Crippen molar-refractivity contribution in [2.45, 2.75) is 26.9 Å². The van der Waals surface area contributed by atoms with Crippen molar-refractivity contribution in [1.82, 2.24) is 20.2 Å². The van der Waals surface area contributed by atoms with Crippen LogP contribution in [0.3, 0.4) is 0 Å². The lowest BCUT2D eigenvalue weighted by Crippen LogP contribution is -2.36. The Hall–Kier alpha value is -1.24. The zero-order chi connectivity index (χ0) is 16.3. The highest BCUT2D eigenvalue weighted by Gasteiger charge is 2.10. The summed E-state index contributed by atoms with van der Waals surface area (Å²) in [6.45, 7) is 5.32. The number of hydrogen-bond donors (Lipinski definition) is 2. The Kier molecular flexibility index (Phi) is 5.72. The van der Waals surface area contributed by atoms with E-state index >= 15 is 0 Å². The fraction of sp³-hybridized carbons (Fsp3) is 0.429. The zero-order valence-corrected chi connectivity index (χ0v) is 15.3. The van der Waals surface area contributed by atoms with E-state index in [0.29, 0.717) is 23.3 Å². The molecule has 22 heavy (non-hydrogen) atoms. The first-order valence-electron chi connectivity index (χ1n) is 6.79. The molecule has 2 N–H and O–H groups in total. The van der Waals surface area contributed by atoms with Gasteiger partial charge < -0.3 is 15.2 Å². The third kappa shape index (κ3) is 3.94. The fourth-order valence-corrected chi connectivity index (χ4v) is 3.35.